The molecule has 0 saturated heterocycles. The smallest absolute Gasteiger partial charge is 0.223 e. The van der Waals surface area contributed by atoms with Crippen molar-refractivity contribution in [3.05, 3.63) is 52.4 Å². The number of ether oxygens (including phenoxy) is 1. The van der Waals surface area contributed by atoms with Gasteiger partial charge in [-0.25, -0.2) is 9.37 Å². The molecule has 1 N–H and O–H groups in total. The van der Waals surface area contributed by atoms with Gasteiger partial charge in [0.15, 0.2) is 0 Å². The number of hydrogen-bond donors (Lipinski definition) is 1. The van der Waals surface area contributed by atoms with Crippen molar-refractivity contribution >= 4 is 15.9 Å². The second-order valence-corrected chi connectivity index (χ2v) is 6.12. The van der Waals surface area contributed by atoms with E-state index in [0.717, 1.165) is 16.6 Å². The van der Waals surface area contributed by atoms with Crippen LogP contribution in [0.2, 0.25) is 0 Å². The van der Waals surface area contributed by atoms with Crippen LogP contribution in [0.1, 0.15) is 19.4 Å². The summed E-state index contributed by atoms with van der Waals surface area (Å²) >= 11 is 3.41. The van der Waals surface area contributed by atoms with E-state index in [4.69, 9.17) is 4.74 Å². The summed E-state index contributed by atoms with van der Waals surface area (Å²) in [5.74, 6) is 1.16. The van der Waals surface area contributed by atoms with Crippen LogP contribution in [0.5, 0.6) is 11.6 Å². The maximum atomic E-state index is 13.2. The Bertz CT molecular complexity index is 605. The lowest BCUT2D eigenvalue weighted by Gasteiger charge is -2.12. The average molecular weight is 353 g/mol. The predicted molar refractivity (Wildman–Crippen MR) is 85.0 cm³/mol. The lowest BCUT2D eigenvalue weighted by molar-refractivity contribution is 0.446. The molecule has 1 aromatic heterocycles. The Balaban J connectivity index is 2.14. The molecule has 1 heterocycles. The molecule has 0 aliphatic carbocycles. The molecule has 3 nitrogen and oxygen atoms in total. The zero-order valence-corrected chi connectivity index (χ0v) is 13.7. The van der Waals surface area contributed by atoms with E-state index in [1.165, 1.54) is 12.1 Å². The summed E-state index contributed by atoms with van der Waals surface area (Å²) < 4.78 is 19.8. The van der Waals surface area contributed by atoms with Crippen molar-refractivity contribution in [2.45, 2.75) is 20.4 Å². The fourth-order valence-electron chi connectivity index (χ4n) is 1.82. The Morgan fingerprint density at radius 3 is 2.86 bits per heavy atom. The monoisotopic (exact) mass is 352 g/mol. The number of pyridine rings is 1. The summed E-state index contributed by atoms with van der Waals surface area (Å²) in [6, 6.07) is 8.00. The molecule has 0 radical (unpaired) electrons. The van der Waals surface area contributed by atoms with Gasteiger partial charge >= 0.3 is 0 Å². The molecular formula is C16H18BrFN2O. The Morgan fingerprint density at radius 1 is 1.33 bits per heavy atom. The summed E-state index contributed by atoms with van der Waals surface area (Å²) in [5, 5.41) is 3.35. The number of nitrogens with zero attached hydrogens (tertiary/aromatic N) is 1. The summed E-state index contributed by atoms with van der Waals surface area (Å²) in [6.45, 7) is 5.85. The Hall–Kier alpha value is -1.46. The zero-order valence-electron chi connectivity index (χ0n) is 12.1. The van der Waals surface area contributed by atoms with E-state index in [0.29, 0.717) is 24.1 Å². The minimum Gasteiger partial charge on any atom is -0.439 e. The molecule has 1 aromatic carbocycles. The molecule has 0 saturated carbocycles. The number of benzene rings is 1. The molecule has 2 aromatic rings. The Morgan fingerprint density at radius 2 is 2.14 bits per heavy atom. The first-order valence-electron chi connectivity index (χ1n) is 6.83. The van der Waals surface area contributed by atoms with Gasteiger partial charge in [-0.1, -0.05) is 19.9 Å². The van der Waals surface area contributed by atoms with Gasteiger partial charge in [0, 0.05) is 28.8 Å². The van der Waals surface area contributed by atoms with E-state index in [1.54, 1.807) is 18.3 Å². The lowest BCUT2D eigenvalue weighted by atomic mass is 10.2. The number of rotatable bonds is 6. The highest BCUT2D eigenvalue weighted by atomic mass is 79.9. The van der Waals surface area contributed by atoms with Crippen LogP contribution in [0.15, 0.2) is 41.0 Å². The Labute approximate surface area is 132 Å². The van der Waals surface area contributed by atoms with Crippen LogP contribution in [0.4, 0.5) is 4.39 Å². The molecule has 2 rings (SSSR count). The van der Waals surface area contributed by atoms with Gasteiger partial charge in [-0.2, -0.15) is 0 Å². The predicted octanol–water partition coefficient (Wildman–Crippen LogP) is 4.52. The first kappa shape index (κ1) is 15.9. The third-order valence-electron chi connectivity index (χ3n) is 2.77. The van der Waals surface area contributed by atoms with Crippen molar-refractivity contribution in [3.8, 4) is 11.6 Å². The minimum absolute atomic E-state index is 0.330. The van der Waals surface area contributed by atoms with Gasteiger partial charge in [0.05, 0.1) is 0 Å². The molecule has 0 unspecified atom stereocenters. The van der Waals surface area contributed by atoms with Gasteiger partial charge in [-0.15, -0.1) is 0 Å². The van der Waals surface area contributed by atoms with E-state index < -0.39 is 0 Å². The van der Waals surface area contributed by atoms with E-state index in [-0.39, 0.29) is 5.82 Å². The molecule has 0 aliphatic rings. The number of halogens is 2. The second kappa shape index (κ2) is 7.52. The van der Waals surface area contributed by atoms with E-state index >= 15 is 0 Å². The normalized spacial score (nSPS) is 10.9. The summed E-state index contributed by atoms with van der Waals surface area (Å²) in [5.41, 5.74) is 0.925. The van der Waals surface area contributed by atoms with Gasteiger partial charge in [-0.05, 0) is 46.6 Å². The fourth-order valence-corrected chi connectivity index (χ4v) is 2.20. The number of nitrogens with one attached hydrogen (secondary N) is 1. The average Bonchev–Trinajstić information content (AvgIpc) is 2.41. The van der Waals surface area contributed by atoms with Gasteiger partial charge in [0.2, 0.25) is 5.88 Å². The number of hydrogen-bond acceptors (Lipinski definition) is 3. The molecule has 5 heteroatoms. The second-order valence-electron chi connectivity index (χ2n) is 5.20. The van der Waals surface area contributed by atoms with Crippen molar-refractivity contribution in [3.63, 3.8) is 0 Å². The van der Waals surface area contributed by atoms with Crippen LogP contribution in [-0.4, -0.2) is 11.5 Å². The first-order valence-corrected chi connectivity index (χ1v) is 7.62. The van der Waals surface area contributed by atoms with E-state index in [1.807, 2.05) is 6.07 Å². The summed E-state index contributed by atoms with van der Waals surface area (Å²) in [7, 11) is 0. The van der Waals surface area contributed by atoms with Crippen LogP contribution >= 0.6 is 15.9 Å². The van der Waals surface area contributed by atoms with Gasteiger partial charge in [-0.3, -0.25) is 0 Å². The van der Waals surface area contributed by atoms with Crippen molar-refractivity contribution in [1.29, 1.82) is 0 Å². The molecule has 0 aliphatic heterocycles. The van der Waals surface area contributed by atoms with Gasteiger partial charge in [0.25, 0.3) is 0 Å². The van der Waals surface area contributed by atoms with Crippen LogP contribution in [-0.2, 0) is 6.54 Å². The molecule has 0 spiro atoms. The first-order chi connectivity index (χ1) is 10.0. The van der Waals surface area contributed by atoms with Crippen molar-refractivity contribution in [1.82, 2.24) is 10.3 Å². The highest BCUT2D eigenvalue weighted by molar-refractivity contribution is 9.10. The third kappa shape index (κ3) is 5.10. The largest absolute Gasteiger partial charge is 0.439 e. The molecule has 0 fully saturated rings. The van der Waals surface area contributed by atoms with Gasteiger partial charge < -0.3 is 10.1 Å². The quantitative estimate of drug-likeness (QED) is 0.829. The zero-order chi connectivity index (χ0) is 15.2. The molecular weight excluding hydrogens is 335 g/mol. The standard InChI is InChI=1S/C16H18BrFN2O/c1-11(2)8-19-9-12-6-13(17)10-20-16(12)21-15-5-3-4-14(18)7-15/h3-7,10-11,19H,8-9H2,1-2H3. The molecule has 21 heavy (non-hydrogen) atoms. The van der Waals surface area contributed by atoms with E-state index in [9.17, 15) is 4.39 Å². The Kier molecular flexibility index (Phi) is 5.70. The SMILES string of the molecule is CC(C)CNCc1cc(Br)cnc1Oc1cccc(F)c1. The maximum Gasteiger partial charge on any atom is 0.223 e. The highest BCUT2D eigenvalue weighted by Gasteiger charge is 2.08. The highest BCUT2D eigenvalue weighted by Crippen LogP contribution is 2.25. The number of aromatic nitrogens is 1. The summed E-state index contributed by atoms with van der Waals surface area (Å²) in [6.07, 6.45) is 1.67. The van der Waals surface area contributed by atoms with Crippen molar-refractivity contribution < 1.29 is 9.13 Å². The maximum absolute atomic E-state index is 13.2. The van der Waals surface area contributed by atoms with Crippen molar-refractivity contribution in [2.24, 2.45) is 5.92 Å². The lowest BCUT2D eigenvalue weighted by Crippen LogP contribution is -2.19. The minimum atomic E-state index is -0.330. The summed E-state index contributed by atoms with van der Waals surface area (Å²) in [4.78, 5) is 4.27. The van der Waals surface area contributed by atoms with Crippen LogP contribution in [0, 0.1) is 11.7 Å². The van der Waals surface area contributed by atoms with Crippen molar-refractivity contribution in [2.75, 3.05) is 6.54 Å². The fraction of sp³-hybridized carbons (Fsp3) is 0.312. The molecule has 0 bridgehead atoms. The third-order valence-corrected chi connectivity index (χ3v) is 3.20. The molecule has 0 atom stereocenters. The molecule has 0 amide bonds. The van der Waals surface area contributed by atoms with Gasteiger partial charge in [0.1, 0.15) is 11.6 Å². The van der Waals surface area contributed by atoms with Crippen LogP contribution in [0.3, 0.4) is 0 Å². The topological polar surface area (TPSA) is 34.2 Å². The van der Waals surface area contributed by atoms with E-state index in [2.05, 4.69) is 40.1 Å². The van der Waals surface area contributed by atoms with Crippen LogP contribution < -0.4 is 10.1 Å². The molecule has 112 valence electrons. The van der Waals surface area contributed by atoms with Crippen LogP contribution in [0.25, 0.3) is 0 Å².